The molecule has 0 aliphatic carbocycles. The average molecular weight is 473 g/mol. The van der Waals surface area contributed by atoms with E-state index in [1.807, 2.05) is 45.0 Å². The highest BCUT2D eigenvalue weighted by atomic mass is 19.4. The van der Waals surface area contributed by atoms with Crippen LogP contribution in [0, 0.1) is 0 Å². The Kier molecular flexibility index (Phi) is 6.38. The second-order valence-electron chi connectivity index (χ2n) is 9.46. The number of ether oxygens (including phenoxy) is 1. The third kappa shape index (κ3) is 5.40. The average Bonchev–Trinajstić information content (AvgIpc) is 2.77. The maximum atomic E-state index is 12.9. The number of anilines is 1. The molecule has 1 amide bonds. The van der Waals surface area contributed by atoms with Gasteiger partial charge in [0.05, 0.1) is 5.56 Å². The van der Waals surface area contributed by atoms with Crippen molar-refractivity contribution in [2.24, 2.45) is 0 Å². The van der Waals surface area contributed by atoms with Crippen LogP contribution in [-0.2, 0) is 10.9 Å². The van der Waals surface area contributed by atoms with Gasteiger partial charge in [-0.2, -0.15) is 13.2 Å². The number of aromatic nitrogens is 2. The van der Waals surface area contributed by atoms with E-state index in [0.29, 0.717) is 43.0 Å². The van der Waals surface area contributed by atoms with Crippen molar-refractivity contribution in [3.63, 3.8) is 0 Å². The number of hydrogen-bond acceptors (Lipinski definition) is 5. The van der Waals surface area contributed by atoms with Gasteiger partial charge in [-0.25, -0.2) is 4.79 Å². The smallest absolute Gasteiger partial charge is 0.416 e. The first-order valence-corrected chi connectivity index (χ1v) is 11.2. The molecule has 180 valence electrons. The summed E-state index contributed by atoms with van der Waals surface area (Å²) in [7, 11) is 0. The fraction of sp³-hybridized carbons (Fsp3) is 0.400. The summed E-state index contributed by atoms with van der Waals surface area (Å²) in [6, 6.07) is 12.6. The lowest BCUT2D eigenvalue weighted by atomic mass is 10.0. The second kappa shape index (κ2) is 9.12. The van der Waals surface area contributed by atoms with E-state index >= 15 is 0 Å². The molecule has 1 saturated heterocycles. The summed E-state index contributed by atoms with van der Waals surface area (Å²) in [6.45, 7) is 6.98. The molecular formula is C25H27F3N4O2. The van der Waals surface area contributed by atoms with Crippen molar-refractivity contribution in [2.75, 3.05) is 18.0 Å². The molecule has 0 spiro atoms. The Bertz CT molecular complexity index is 1170. The molecule has 0 unspecified atom stereocenters. The van der Waals surface area contributed by atoms with Crippen LogP contribution < -0.4 is 10.2 Å². The summed E-state index contributed by atoms with van der Waals surface area (Å²) in [6.07, 6.45) is -3.66. The van der Waals surface area contributed by atoms with Gasteiger partial charge >= 0.3 is 12.3 Å². The summed E-state index contributed by atoms with van der Waals surface area (Å²) < 4.78 is 44.4. The topological polar surface area (TPSA) is 67.3 Å². The molecule has 2 heterocycles. The number of alkyl halides is 3. The molecule has 1 aliphatic heterocycles. The number of amides is 1. The van der Waals surface area contributed by atoms with Crippen molar-refractivity contribution < 1.29 is 22.7 Å². The lowest BCUT2D eigenvalue weighted by Gasteiger charge is -2.33. The number of nitrogens with one attached hydrogen (secondary N) is 1. The van der Waals surface area contributed by atoms with Crippen LogP contribution in [0.15, 0.2) is 48.5 Å². The van der Waals surface area contributed by atoms with Crippen LogP contribution in [0.3, 0.4) is 0 Å². The highest BCUT2D eigenvalue weighted by molar-refractivity contribution is 6.00. The standard InChI is InChI=1S/C25H27F3N4O2/c1-24(2,3)29-23(33)34-18-12-14-32(15-13-18)22-20-7-5-4-6-19(20)21(30-31-22)16-8-10-17(11-9-16)25(26,27)28/h4-11,18H,12-15H2,1-3H3,(H,29,33). The highest BCUT2D eigenvalue weighted by Gasteiger charge is 2.30. The Hall–Kier alpha value is -3.36. The van der Waals surface area contributed by atoms with E-state index < -0.39 is 17.8 Å². The van der Waals surface area contributed by atoms with Crippen molar-refractivity contribution in [2.45, 2.75) is 51.4 Å². The van der Waals surface area contributed by atoms with E-state index in [1.54, 1.807) is 0 Å². The molecule has 1 aliphatic rings. The monoisotopic (exact) mass is 472 g/mol. The van der Waals surface area contributed by atoms with Crippen LogP contribution >= 0.6 is 0 Å². The van der Waals surface area contributed by atoms with E-state index in [0.717, 1.165) is 22.9 Å². The van der Waals surface area contributed by atoms with Gasteiger partial charge < -0.3 is 15.0 Å². The molecule has 0 saturated carbocycles. The molecule has 2 aromatic carbocycles. The van der Waals surface area contributed by atoms with Gasteiger partial charge in [0.25, 0.3) is 0 Å². The van der Waals surface area contributed by atoms with E-state index in [-0.39, 0.29) is 11.6 Å². The largest absolute Gasteiger partial charge is 0.446 e. The van der Waals surface area contributed by atoms with Crippen molar-refractivity contribution in [1.82, 2.24) is 15.5 Å². The SMILES string of the molecule is CC(C)(C)NC(=O)OC1CCN(c2nnc(-c3ccc(C(F)(F)F)cc3)c3ccccc23)CC1. The van der Waals surface area contributed by atoms with Crippen LogP contribution in [0.5, 0.6) is 0 Å². The number of benzene rings is 2. The maximum Gasteiger partial charge on any atom is 0.416 e. The Labute approximate surface area is 196 Å². The molecular weight excluding hydrogens is 445 g/mol. The minimum atomic E-state index is -4.39. The van der Waals surface area contributed by atoms with Gasteiger partial charge in [0.15, 0.2) is 5.82 Å². The normalized spacial score (nSPS) is 15.4. The number of halogens is 3. The Morgan fingerprint density at radius 2 is 1.59 bits per heavy atom. The second-order valence-corrected chi connectivity index (χ2v) is 9.46. The molecule has 3 aromatic rings. The third-order valence-corrected chi connectivity index (χ3v) is 5.65. The van der Waals surface area contributed by atoms with Crippen molar-refractivity contribution >= 4 is 22.7 Å². The zero-order chi connectivity index (χ0) is 24.5. The lowest BCUT2D eigenvalue weighted by Crippen LogP contribution is -2.44. The predicted octanol–water partition coefficient (Wildman–Crippen LogP) is 5.81. The molecule has 9 heteroatoms. The molecule has 1 fully saturated rings. The van der Waals surface area contributed by atoms with Gasteiger partial charge in [-0.1, -0.05) is 36.4 Å². The number of fused-ring (bicyclic) bond motifs is 1. The lowest BCUT2D eigenvalue weighted by molar-refractivity contribution is -0.137. The van der Waals surface area contributed by atoms with Crippen molar-refractivity contribution in [1.29, 1.82) is 0 Å². The Balaban J connectivity index is 1.53. The van der Waals surface area contributed by atoms with Crippen molar-refractivity contribution in [3.8, 4) is 11.3 Å². The van der Waals surface area contributed by atoms with Crippen LogP contribution in [0.4, 0.5) is 23.8 Å². The van der Waals surface area contributed by atoms with E-state index in [2.05, 4.69) is 20.4 Å². The Morgan fingerprint density at radius 1 is 0.971 bits per heavy atom. The minimum absolute atomic E-state index is 0.177. The fourth-order valence-electron chi connectivity index (χ4n) is 4.03. The van der Waals surface area contributed by atoms with Gasteiger partial charge in [0.1, 0.15) is 11.8 Å². The first kappa shape index (κ1) is 23.8. The van der Waals surface area contributed by atoms with Gasteiger partial charge in [-0.05, 0) is 32.9 Å². The zero-order valence-corrected chi connectivity index (χ0v) is 19.3. The number of carbonyl (C=O) groups is 1. The molecule has 6 nitrogen and oxygen atoms in total. The van der Waals surface area contributed by atoms with Crippen LogP contribution in [0.1, 0.15) is 39.2 Å². The molecule has 1 aromatic heterocycles. The van der Waals surface area contributed by atoms with Gasteiger partial charge in [0.2, 0.25) is 0 Å². The number of alkyl carbamates (subject to hydrolysis) is 1. The molecule has 34 heavy (non-hydrogen) atoms. The summed E-state index contributed by atoms with van der Waals surface area (Å²) >= 11 is 0. The van der Waals surface area contributed by atoms with E-state index in [4.69, 9.17) is 4.74 Å². The molecule has 1 N–H and O–H groups in total. The van der Waals surface area contributed by atoms with E-state index in [1.165, 1.54) is 12.1 Å². The van der Waals surface area contributed by atoms with Gasteiger partial charge in [-0.15, -0.1) is 10.2 Å². The molecule has 0 radical (unpaired) electrons. The fourth-order valence-corrected chi connectivity index (χ4v) is 4.03. The number of nitrogens with zero attached hydrogens (tertiary/aromatic N) is 3. The first-order chi connectivity index (χ1) is 16.0. The first-order valence-electron chi connectivity index (χ1n) is 11.2. The minimum Gasteiger partial charge on any atom is -0.446 e. The van der Waals surface area contributed by atoms with Gasteiger partial charge in [0, 0.05) is 47.8 Å². The Morgan fingerprint density at radius 3 is 2.18 bits per heavy atom. The highest BCUT2D eigenvalue weighted by Crippen LogP contribution is 2.35. The van der Waals surface area contributed by atoms with Crippen LogP contribution in [0.25, 0.3) is 22.0 Å². The zero-order valence-electron chi connectivity index (χ0n) is 19.3. The number of hydrogen-bond donors (Lipinski definition) is 1. The summed E-state index contributed by atoms with van der Waals surface area (Å²) in [5.41, 5.74) is 0.0398. The quantitative estimate of drug-likeness (QED) is 0.521. The number of piperidine rings is 1. The molecule has 0 bridgehead atoms. The number of rotatable bonds is 3. The maximum absolute atomic E-state index is 12.9. The third-order valence-electron chi connectivity index (χ3n) is 5.65. The van der Waals surface area contributed by atoms with E-state index in [9.17, 15) is 18.0 Å². The van der Waals surface area contributed by atoms with Crippen molar-refractivity contribution in [3.05, 3.63) is 54.1 Å². The van der Waals surface area contributed by atoms with Crippen LogP contribution in [0.2, 0.25) is 0 Å². The summed E-state index contributed by atoms with van der Waals surface area (Å²) in [4.78, 5) is 14.2. The van der Waals surface area contributed by atoms with Gasteiger partial charge in [-0.3, -0.25) is 0 Å². The number of carbonyl (C=O) groups excluding carboxylic acids is 1. The summed E-state index contributed by atoms with van der Waals surface area (Å²) in [5, 5.41) is 13.3. The molecule has 4 rings (SSSR count). The van der Waals surface area contributed by atoms with Crippen LogP contribution in [-0.4, -0.2) is 41.0 Å². The summed E-state index contributed by atoms with van der Waals surface area (Å²) in [5.74, 6) is 0.712. The predicted molar refractivity (Wildman–Crippen MR) is 125 cm³/mol. The molecule has 0 atom stereocenters.